The molecule has 5 unspecified atom stereocenters. The summed E-state index contributed by atoms with van der Waals surface area (Å²) in [6.07, 6.45) is 42.9. The molecule has 0 aliphatic heterocycles. The van der Waals surface area contributed by atoms with Crippen LogP contribution in [0.2, 0.25) is 0 Å². The van der Waals surface area contributed by atoms with Gasteiger partial charge in [-0.1, -0.05) is 299 Å². The maximum atomic E-state index is 13.0. The minimum absolute atomic E-state index is 0.105. The highest BCUT2D eigenvalue weighted by molar-refractivity contribution is 7.47. The molecule has 534 valence electrons. The molecule has 0 amide bonds. The minimum atomic E-state index is -4.95. The van der Waals surface area contributed by atoms with E-state index in [2.05, 4.69) is 55.4 Å². The lowest BCUT2D eigenvalue weighted by atomic mass is 9.99. The molecule has 0 fully saturated rings. The van der Waals surface area contributed by atoms with Gasteiger partial charge in [0, 0.05) is 25.7 Å². The molecule has 0 bridgehead atoms. The van der Waals surface area contributed by atoms with Crippen LogP contribution in [0.5, 0.6) is 0 Å². The van der Waals surface area contributed by atoms with Gasteiger partial charge in [0.25, 0.3) is 0 Å². The number of ether oxygens (including phenoxy) is 4. The van der Waals surface area contributed by atoms with Crippen molar-refractivity contribution in [3.63, 3.8) is 0 Å². The Bertz CT molecular complexity index is 1790. The van der Waals surface area contributed by atoms with E-state index in [1.54, 1.807) is 0 Å². The Balaban J connectivity index is 5.27. The lowest BCUT2D eigenvalue weighted by molar-refractivity contribution is -0.161. The number of phosphoric ester groups is 2. The molecule has 0 spiro atoms. The first-order chi connectivity index (χ1) is 43.2. The van der Waals surface area contributed by atoms with Crippen molar-refractivity contribution in [2.75, 3.05) is 39.6 Å². The highest BCUT2D eigenvalue weighted by atomic mass is 31.2. The molecule has 7 atom stereocenters. The van der Waals surface area contributed by atoms with Gasteiger partial charge in [0.2, 0.25) is 0 Å². The van der Waals surface area contributed by atoms with Crippen molar-refractivity contribution in [3.8, 4) is 0 Å². The smallest absolute Gasteiger partial charge is 0.462 e. The molecule has 0 saturated heterocycles. The molecule has 0 aliphatic carbocycles. The molecule has 0 aromatic heterocycles. The second-order valence-corrected chi connectivity index (χ2v) is 30.0. The summed E-state index contributed by atoms with van der Waals surface area (Å²) in [5.41, 5.74) is 0. The summed E-state index contributed by atoms with van der Waals surface area (Å²) >= 11 is 0. The second-order valence-electron chi connectivity index (χ2n) is 27.1. The summed E-state index contributed by atoms with van der Waals surface area (Å²) < 4.78 is 68.3. The Morgan fingerprint density at radius 1 is 0.311 bits per heavy atom. The molecule has 0 aromatic rings. The quantitative estimate of drug-likeness (QED) is 0.0222. The van der Waals surface area contributed by atoms with Crippen molar-refractivity contribution >= 4 is 39.5 Å². The van der Waals surface area contributed by atoms with E-state index < -0.39 is 97.5 Å². The Kier molecular flexibility index (Phi) is 59.4. The number of carbonyl (C=O) groups is 4. The van der Waals surface area contributed by atoms with Crippen molar-refractivity contribution in [3.05, 3.63) is 0 Å². The topological polar surface area (TPSA) is 237 Å². The van der Waals surface area contributed by atoms with Gasteiger partial charge >= 0.3 is 39.5 Å². The van der Waals surface area contributed by atoms with Gasteiger partial charge in [-0.05, 0) is 49.4 Å². The summed E-state index contributed by atoms with van der Waals surface area (Å²) in [4.78, 5) is 72.6. The first-order valence-electron chi connectivity index (χ1n) is 36.8. The molecule has 0 radical (unpaired) electrons. The normalized spacial score (nSPS) is 14.9. The van der Waals surface area contributed by atoms with Crippen molar-refractivity contribution in [1.29, 1.82) is 0 Å². The molecule has 19 heteroatoms. The molecule has 0 heterocycles. The first kappa shape index (κ1) is 88.1. The third kappa shape index (κ3) is 62.2. The summed E-state index contributed by atoms with van der Waals surface area (Å²) in [5, 5.41) is 10.6. The van der Waals surface area contributed by atoms with Gasteiger partial charge < -0.3 is 33.8 Å². The summed E-state index contributed by atoms with van der Waals surface area (Å²) in [6.45, 7) is 14.1. The van der Waals surface area contributed by atoms with Crippen LogP contribution in [0.25, 0.3) is 0 Å². The van der Waals surface area contributed by atoms with E-state index in [1.807, 2.05) is 0 Å². The molecular weight excluding hydrogens is 1190 g/mol. The van der Waals surface area contributed by atoms with E-state index in [0.717, 1.165) is 114 Å². The Morgan fingerprint density at radius 3 is 0.789 bits per heavy atom. The van der Waals surface area contributed by atoms with Crippen LogP contribution in [0.3, 0.4) is 0 Å². The zero-order chi connectivity index (χ0) is 66.8. The molecule has 0 rings (SSSR count). The number of aliphatic hydroxyl groups is 1. The molecular formula is C71H138O17P2. The van der Waals surface area contributed by atoms with Crippen molar-refractivity contribution < 1.29 is 80.2 Å². The van der Waals surface area contributed by atoms with E-state index in [9.17, 15) is 43.2 Å². The van der Waals surface area contributed by atoms with Crippen LogP contribution in [-0.4, -0.2) is 96.7 Å². The monoisotopic (exact) mass is 1320 g/mol. The van der Waals surface area contributed by atoms with Gasteiger partial charge in [0.15, 0.2) is 12.2 Å². The Morgan fingerprint density at radius 2 is 0.533 bits per heavy atom. The van der Waals surface area contributed by atoms with Crippen molar-refractivity contribution in [2.24, 2.45) is 23.7 Å². The number of rotatable bonds is 68. The van der Waals surface area contributed by atoms with Crippen LogP contribution >= 0.6 is 15.6 Å². The molecule has 17 nitrogen and oxygen atoms in total. The van der Waals surface area contributed by atoms with Crippen LogP contribution in [0.4, 0.5) is 0 Å². The van der Waals surface area contributed by atoms with E-state index in [-0.39, 0.29) is 25.7 Å². The largest absolute Gasteiger partial charge is 0.472 e. The summed E-state index contributed by atoms with van der Waals surface area (Å²) in [7, 11) is -9.91. The number of hydrogen-bond acceptors (Lipinski definition) is 15. The fourth-order valence-electron chi connectivity index (χ4n) is 10.6. The average molecular weight is 1330 g/mol. The maximum absolute atomic E-state index is 13.0. The maximum Gasteiger partial charge on any atom is 0.472 e. The third-order valence-corrected chi connectivity index (χ3v) is 18.9. The fourth-order valence-corrected chi connectivity index (χ4v) is 12.2. The highest BCUT2D eigenvalue weighted by Crippen LogP contribution is 2.45. The summed E-state index contributed by atoms with van der Waals surface area (Å²) in [5.74, 6) is 0.922. The predicted octanol–water partition coefficient (Wildman–Crippen LogP) is 20.1. The first-order valence-corrected chi connectivity index (χ1v) is 39.8. The number of esters is 4. The zero-order valence-corrected chi connectivity index (χ0v) is 60.6. The number of phosphoric acid groups is 2. The van der Waals surface area contributed by atoms with Gasteiger partial charge in [0.05, 0.1) is 26.4 Å². The second kappa shape index (κ2) is 60.7. The van der Waals surface area contributed by atoms with Crippen LogP contribution in [-0.2, 0) is 65.4 Å². The van der Waals surface area contributed by atoms with Crippen molar-refractivity contribution in [1.82, 2.24) is 0 Å². The van der Waals surface area contributed by atoms with Crippen LogP contribution in [0.1, 0.15) is 351 Å². The highest BCUT2D eigenvalue weighted by Gasteiger charge is 2.30. The SMILES string of the molecule is CCC(C)CCCCCCCCCCCCC(=O)O[C@H](COC(=O)CCCCCCCCCCC(C)CC)COP(=O)(O)OCC(O)COP(=O)(O)OC[C@@H](COC(=O)CCCCCCCCCC(C)C)OC(=O)CCCCCCCCCCCCCC(C)C. The van der Waals surface area contributed by atoms with E-state index in [1.165, 1.54) is 148 Å². The molecule has 0 aromatic carbocycles. The number of hydrogen-bond donors (Lipinski definition) is 3. The standard InChI is InChI=1S/C71H138O17P2/c1-9-63(7)49-41-33-25-17-14-15-19-29-38-46-54-71(76)87-66(57-81-68(73)51-43-35-27-21-20-26-34-42-50-64(8)10-2)59-85-89(77,78)83-55-65(72)56-84-90(79,80)86-60-67(58-82-69(74)52-44-36-30-22-24-32-40-48-62(5)6)88-70(75)53-45-37-28-18-13-11-12-16-23-31-39-47-61(3)4/h61-67,72H,9-60H2,1-8H3,(H,77,78)(H,79,80)/t63?,64?,65?,66-,67-/m1/s1. The number of aliphatic hydroxyl groups excluding tert-OH is 1. The van der Waals surface area contributed by atoms with E-state index in [4.69, 9.17) is 37.0 Å². The van der Waals surface area contributed by atoms with E-state index >= 15 is 0 Å². The average Bonchev–Trinajstić information content (AvgIpc) is 2.99. The zero-order valence-electron chi connectivity index (χ0n) is 58.8. The van der Waals surface area contributed by atoms with Gasteiger partial charge in [-0.2, -0.15) is 0 Å². The summed E-state index contributed by atoms with van der Waals surface area (Å²) in [6, 6.07) is 0. The predicted molar refractivity (Wildman–Crippen MR) is 363 cm³/mol. The molecule has 0 saturated carbocycles. The molecule has 90 heavy (non-hydrogen) atoms. The van der Waals surface area contributed by atoms with Gasteiger partial charge in [-0.3, -0.25) is 37.3 Å². The Labute approximate surface area is 549 Å². The number of carbonyl (C=O) groups excluding carboxylic acids is 4. The Hall–Kier alpha value is -1.94. The molecule has 3 N–H and O–H groups in total. The minimum Gasteiger partial charge on any atom is -0.462 e. The number of unbranched alkanes of at least 4 members (excludes halogenated alkanes) is 32. The van der Waals surface area contributed by atoms with Gasteiger partial charge in [-0.15, -0.1) is 0 Å². The molecule has 0 aliphatic rings. The lowest BCUT2D eigenvalue weighted by Gasteiger charge is -2.21. The fraction of sp³-hybridized carbons (Fsp3) is 0.944. The lowest BCUT2D eigenvalue weighted by Crippen LogP contribution is -2.30. The van der Waals surface area contributed by atoms with Gasteiger partial charge in [0.1, 0.15) is 19.3 Å². The third-order valence-electron chi connectivity index (χ3n) is 17.0. The van der Waals surface area contributed by atoms with Crippen molar-refractivity contribution in [2.45, 2.75) is 369 Å². The van der Waals surface area contributed by atoms with Crippen LogP contribution in [0, 0.1) is 23.7 Å². The van der Waals surface area contributed by atoms with Crippen LogP contribution in [0.15, 0.2) is 0 Å². The van der Waals surface area contributed by atoms with Crippen LogP contribution < -0.4 is 0 Å². The van der Waals surface area contributed by atoms with Gasteiger partial charge in [-0.25, -0.2) is 9.13 Å². The van der Waals surface area contributed by atoms with E-state index in [0.29, 0.717) is 31.6 Å².